The first-order valence-electron chi connectivity index (χ1n) is 5.12. The van der Waals surface area contributed by atoms with Gasteiger partial charge in [0, 0.05) is 6.54 Å². The van der Waals surface area contributed by atoms with Gasteiger partial charge in [-0.25, -0.2) is 0 Å². The maximum Gasteiger partial charge on any atom is 0.299 e. The number of ketones is 1. The first-order chi connectivity index (χ1) is 7.52. The van der Waals surface area contributed by atoms with Gasteiger partial charge >= 0.3 is 0 Å². The van der Waals surface area contributed by atoms with Crippen LogP contribution in [0.3, 0.4) is 0 Å². The number of amides is 1. The van der Waals surface area contributed by atoms with Crippen molar-refractivity contribution in [3.05, 3.63) is 41.5 Å². The van der Waals surface area contributed by atoms with Crippen LogP contribution in [-0.4, -0.2) is 18.2 Å². The molecule has 0 aliphatic carbocycles. The third-order valence-electron chi connectivity index (χ3n) is 2.62. The third kappa shape index (κ3) is 1.45. The number of fused-ring (bicyclic) bond motifs is 1. The molecule has 0 saturated carbocycles. The Balaban J connectivity index is 2.56. The summed E-state index contributed by atoms with van der Waals surface area (Å²) in [5.41, 5.74) is 3.04. The van der Waals surface area contributed by atoms with Crippen molar-refractivity contribution in [3.63, 3.8) is 0 Å². The predicted molar refractivity (Wildman–Crippen MR) is 62.7 cm³/mol. The number of hydrogen-bond acceptors (Lipinski definition) is 2. The lowest BCUT2D eigenvalue weighted by Gasteiger charge is -2.18. The Kier molecular flexibility index (Phi) is 2.38. The molecule has 1 aromatic rings. The van der Waals surface area contributed by atoms with E-state index in [-0.39, 0.29) is 0 Å². The maximum atomic E-state index is 11.8. The number of anilines is 1. The molecule has 0 unspecified atom stereocenters. The Bertz CT molecular complexity index is 503. The average Bonchev–Trinajstić information content (AvgIpc) is 2.45. The first-order valence-corrected chi connectivity index (χ1v) is 5.12. The van der Waals surface area contributed by atoms with E-state index in [0.717, 1.165) is 16.8 Å². The fraction of sp³-hybridized carbons (Fsp3) is 0.231. The minimum Gasteiger partial charge on any atom is -0.300 e. The average molecular weight is 215 g/mol. The van der Waals surface area contributed by atoms with E-state index in [2.05, 4.69) is 6.58 Å². The molecule has 0 atom stereocenters. The largest absolute Gasteiger partial charge is 0.300 e. The molecule has 0 radical (unpaired) electrons. The zero-order valence-electron chi connectivity index (χ0n) is 9.41. The fourth-order valence-corrected chi connectivity index (χ4v) is 1.96. The number of nitrogens with zero attached hydrogens (tertiary/aromatic N) is 1. The highest BCUT2D eigenvalue weighted by Gasteiger charge is 2.36. The van der Waals surface area contributed by atoms with Crippen LogP contribution >= 0.6 is 0 Å². The van der Waals surface area contributed by atoms with Gasteiger partial charge in [-0.1, -0.05) is 24.3 Å². The summed E-state index contributed by atoms with van der Waals surface area (Å²) in [7, 11) is 0. The fourth-order valence-electron chi connectivity index (χ4n) is 1.96. The van der Waals surface area contributed by atoms with Crippen molar-refractivity contribution in [2.45, 2.75) is 13.8 Å². The van der Waals surface area contributed by atoms with Gasteiger partial charge in [0.15, 0.2) is 0 Å². The van der Waals surface area contributed by atoms with Crippen LogP contribution in [0.2, 0.25) is 0 Å². The predicted octanol–water partition coefficient (Wildman–Crippen LogP) is 2.10. The summed E-state index contributed by atoms with van der Waals surface area (Å²) >= 11 is 0. The van der Waals surface area contributed by atoms with E-state index in [9.17, 15) is 9.59 Å². The van der Waals surface area contributed by atoms with Gasteiger partial charge in [0.25, 0.3) is 11.7 Å². The summed E-state index contributed by atoms with van der Waals surface area (Å²) in [4.78, 5) is 25.0. The lowest BCUT2D eigenvalue weighted by Crippen LogP contribution is -2.31. The number of carbonyl (C=O) groups excluding carboxylic acids is 2. The lowest BCUT2D eigenvalue weighted by molar-refractivity contribution is -0.114. The quantitative estimate of drug-likeness (QED) is 0.559. The van der Waals surface area contributed by atoms with E-state index in [1.165, 1.54) is 4.90 Å². The molecule has 1 aliphatic rings. The summed E-state index contributed by atoms with van der Waals surface area (Å²) in [6.07, 6.45) is 0. The summed E-state index contributed by atoms with van der Waals surface area (Å²) in [5.74, 6) is -0.868. The molecule has 16 heavy (non-hydrogen) atoms. The smallest absolute Gasteiger partial charge is 0.299 e. The Morgan fingerprint density at radius 2 is 2.06 bits per heavy atom. The number of carbonyl (C=O) groups is 2. The molecule has 1 amide bonds. The van der Waals surface area contributed by atoms with Crippen molar-refractivity contribution in [1.29, 1.82) is 0 Å². The van der Waals surface area contributed by atoms with Gasteiger partial charge in [0.1, 0.15) is 0 Å². The van der Waals surface area contributed by atoms with Crippen LogP contribution < -0.4 is 4.90 Å². The lowest BCUT2D eigenvalue weighted by atomic mass is 10.1. The Hall–Kier alpha value is -1.90. The number of benzene rings is 1. The van der Waals surface area contributed by atoms with Crippen LogP contribution in [0.4, 0.5) is 5.69 Å². The van der Waals surface area contributed by atoms with Gasteiger partial charge in [-0.15, -0.1) is 0 Å². The van der Waals surface area contributed by atoms with Gasteiger partial charge in [-0.2, -0.15) is 0 Å². The maximum absolute atomic E-state index is 11.8. The van der Waals surface area contributed by atoms with Gasteiger partial charge in [0.2, 0.25) is 0 Å². The topological polar surface area (TPSA) is 37.4 Å². The highest BCUT2D eigenvalue weighted by Crippen LogP contribution is 2.32. The summed E-state index contributed by atoms with van der Waals surface area (Å²) in [6, 6.07) is 5.39. The zero-order chi connectivity index (χ0) is 11.9. The molecule has 0 bridgehead atoms. The summed E-state index contributed by atoms with van der Waals surface area (Å²) < 4.78 is 0. The van der Waals surface area contributed by atoms with E-state index in [1.807, 2.05) is 19.9 Å². The molecule has 1 heterocycles. The number of hydrogen-bond donors (Lipinski definition) is 0. The van der Waals surface area contributed by atoms with Crippen LogP contribution in [0, 0.1) is 6.92 Å². The van der Waals surface area contributed by atoms with Gasteiger partial charge in [-0.3, -0.25) is 9.59 Å². The van der Waals surface area contributed by atoms with E-state index in [4.69, 9.17) is 0 Å². The van der Waals surface area contributed by atoms with Crippen molar-refractivity contribution >= 4 is 17.4 Å². The second kappa shape index (κ2) is 3.59. The molecule has 3 heteroatoms. The molecule has 1 aliphatic heterocycles. The van der Waals surface area contributed by atoms with E-state index >= 15 is 0 Å². The first kappa shape index (κ1) is 10.6. The standard InChI is InChI=1S/C13H13NO2/c1-8(2)7-14-11-9(3)5-4-6-10(11)12(15)13(14)16/h4-6H,1,7H2,2-3H3. The SMILES string of the molecule is C=C(C)CN1C(=O)C(=O)c2cccc(C)c21. The molecule has 2 rings (SSSR count). The van der Waals surface area contributed by atoms with Crippen molar-refractivity contribution in [1.82, 2.24) is 0 Å². The van der Waals surface area contributed by atoms with Crippen molar-refractivity contribution in [3.8, 4) is 0 Å². The second-order valence-electron chi connectivity index (χ2n) is 4.15. The van der Waals surface area contributed by atoms with E-state index in [0.29, 0.717) is 12.1 Å². The van der Waals surface area contributed by atoms with Crippen LogP contribution in [0.5, 0.6) is 0 Å². The molecule has 1 aromatic carbocycles. The van der Waals surface area contributed by atoms with Crippen LogP contribution in [0.25, 0.3) is 0 Å². The Labute approximate surface area is 94.4 Å². The van der Waals surface area contributed by atoms with Crippen molar-refractivity contribution in [2.75, 3.05) is 11.4 Å². The monoisotopic (exact) mass is 215 g/mol. The summed E-state index contributed by atoms with van der Waals surface area (Å²) in [6.45, 7) is 7.92. The van der Waals surface area contributed by atoms with Crippen molar-refractivity contribution < 1.29 is 9.59 Å². The number of para-hydroxylation sites is 1. The Morgan fingerprint density at radius 1 is 1.38 bits per heavy atom. The normalized spacial score (nSPS) is 14.2. The third-order valence-corrected chi connectivity index (χ3v) is 2.62. The minimum atomic E-state index is -0.452. The van der Waals surface area contributed by atoms with Gasteiger partial charge in [-0.05, 0) is 25.5 Å². The van der Waals surface area contributed by atoms with Crippen LogP contribution in [0.15, 0.2) is 30.4 Å². The van der Waals surface area contributed by atoms with Gasteiger partial charge in [0.05, 0.1) is 11.3 Å². The molecular weight excluding hydrogens is 202 g/mol. The Morgan fingerprint density at radius 3 is 2.69 bits per heavy atom. The molecule has 0 fully saturated rings. The van der Waals surface area contributed by atoms with Crippen LogP contribution in [-0.2, 0) is 4.79 Å². The molecular formula is C13H13NO2. The molecule has 0 saturated heterocycles. The van der Waals surface area contributed by atoms with Gasteiger partial charge < -0.3 is 4.90 Å². The molecule has 0 spiro atoms. The van der Waals surface area contributed by atoms with E-state index in [1.54, 1.807) is 12.1 Å². The highest BCUT2D eigenvalue weighted by molar-refractivity contribution is 6.52. The van der Waals surface area contributed by atoms with E-state index < -0.39 is 11.7 Å². The van der Waals surface area contributed by atoms with Crippen LogP contribution in [0.1, 0.15) is 22.8 Å². The minimum absolute atomic E-state index is 0.405. The zero-order valence-corrected chi connectivity index (χ0v) is 9.41. The molecule has 3 nitrogen and oxygen atoms in total. The molecule has 0 N–H and O–H groups in total. The number of Topliss-reactive ketones (excluding diaryl/α,β-unsaturated/α-hetero) is 1. The number of rotatable bonds is 2. The molecule has 82 valence electrons. The summed E-state index contributed by atoms with van der Waals surface area (Å²) in [5, 5.41) is 0. The second-order valence-corrected chi connectivity index (χ2v) is 4.15. The highest BCUT2D eigenvalue weighted by atomic mass is 16.2. The van der Waals surface area contributed by atoms with Crippen molar-refractivity contribution in [2.24, 2.45) is 0 Å². The number of aryl methyl sites for hydroxylation is 1. The molecule has 0 aromatic heterocycles.